The van der Waals surface area contributed by atoms with Crippen LogP contribution in [0.2, 0.25) is 0 Å². The van der Waals surface area contributed by atoms with Crippen LogP contribution in [0.15, 0.2) is 18.2 Å². The van der Waals surface area contributed by atoms with Crippen molar-refractivity contribution in [3.63, 3.8) is 0 Å². The van der Waals surface area contributed by atoms with Crippen molar-refractivity contribution < 1.29 is 9.72 Å². The van der Waals surface area contributed by atoms with E-state index in [2.05, 4.69) is 10.6 Å². The predicted octanol–water partition coefficient (Wildman–Crippen LogP) is 2.26. The fourth-order valence-electron chi connectivity index (χ4n) is 2.08. The fourth-order valence-corrected chi connectivity index (χ4v) is 3.23. The van der Waals surface area contributed by atoms with E-state index in [0.717, 1.165) is 17.9 Å². The molecule has 1 saturated heterocycles. The first-order valence-corrected chi connectivity index (χ1v) is 7.68. The number of carbonyl (C=O) groups excluding carboxylic acids is 1. The summed E-state index contributed by atoms with van der Waals surface area (Å²) in [5, 5.41) is 17.0. The van der Waals surface area contributed by atoms with E-state index in [9.17, 15) is 14.9 Å². The van der Waals surface area contributed by atoms with Crippen molar-refractivity contribution in [3.05, 3.63) is 33.9 Å². The van der Waals surface area contributed by atoms with Gasteiger partial charge in [0.1, 0.15) is 5.69 Å². The van der Waals surface area contributed by atoms with Crippen molar-refractivity contribution >= 4 is 29.0 Å². The number of hydrogen-bond donors (Lipinski definition) is 2. The molecular formula is C13H17N3O3S. The molecule has 1 aromatic carbocycles. The third-order valence-corrected chi connectivity index (χ3v) is 4.25. The fraction of sp³-hybridized carbons (Fsp3) is 0.462. The molecule has 0 spiro atoms. The lowest BCUT2D eigenvalue weighted by Crippen LogP contribution is -2.23. The van der Waals surface area contributed by atoms with Gasteiger partial charge >= 0.3 is 0 Å². The van der Waals surface area contributed by atoms with E-state index in [1.54, 1.807) is 19.1 Å². The summed E-state index contributed by atoms with van der Waals surface area (Å²) in [6.07, 6.45) is 1.000. The molecule has 6 nitrogen and oxygen atoms in total. The Morgan fingerprint density at radius 2 is 2.35 bits per heavy atom. The average Bonchev–Trinajstić information content (AvgIpc) is 2.92. The summed E-state index contributed by atoms with van der Waals surface area (Å²) in [5.41, 5.74) is 0.742. The largest absolute Gasteiger partial charge is 0.376 e. The number of hydrogen-bond acceptors (Lipinski definition) is 5. The van der Waals surface area contributed by atoms with E-state index in [4.69, 9.17) is 0 Å². The van der Waals surface area contributed by atoms with Gasteiger partial charge in [-0.25, -0.2) is 0 Å². The molecule has 0 aliphatic carbocycles. The maximum atomic E-state index is 11.7. The molecule has 7 heteroatoms. The van der Waals surface area contributed by atoms with Gasteiger partial charge in [0.2, 0.25) is 0 Å². The second-order valence-electron chi connectivity index (χ2n) is 4.55. The highest BCUT2D eigenvalue weighted by molar-refractivity contribution is 7.99. The minimum atomic E-state index is -0.451. The molecule has 1 atom stereocenters. The number of nitro benzene ring substituents is 1. The van der Waals surface area contributed by atoms with Gasteiger partial charge in [-0.15, -0.1) is 0 Å². The Morgan fingerprint density at radius 3 is 2.95 bits per heavy atom. The summed E-state index contributed by atoms with van der Waals surface area (Å²) >= 11 is 1.83. The van der Waals surface area contributed by atoms with Crippen LogP contribution in [0.4, 0.5) is 11.4 Å². The molecule has 108 valence electrons. The van der Waals surface area contributed by atoms with Gasteiger partial charge in [0, 0.05) is 30.0 Å². The van der Waals surface area contributed by atoms with Crippen LogP contribution >= 0.6 is 11.8 Å². The van der Waals surface area contributed by atoms with E-state index in [1.165, 1.54) is 6.07 Å². The number of thioether (sulfide) groups is 1. The van der Waals surface area contributed by atoms with Crippen LogP contribution < -0.4 is 10.6 Å². The molecule has 2 N–H and O–H groups in total. The first kappa shape index (κ1) is 14.6. The smallest absolute Gasteiger partial charge is 0.293 e. The molecule has 20 heavy (non-hydrogen) atoms. The van der Waals surface area contributed by atoms with Gasteiger partial charge in [-0.2, -0.15) is 11.8 Å². The van der Waals surface area contributed by atoms with Crippen LogP contribution in [-0.4, -0.2) is 34.9 Å². The van der Waals surface area contributed by atoms with Crippen molar-refractivity contribution in [1.29, 1.82) is 0 Å². The van der Waals surface area contributed by atoms with Crippen LogP contribution in [0.5, 0.6) is 0 Å². The molecule has 1 aromatic rings. The van der Waals surface area contributed by atoms with Crippen molar-refractivity contribution in [1.82, 2.24) is 5.32 Å². The van der Waals surface area contributed by atoms with Crippen LogP contribution in [0.3, 0.4) is 0 Å². The number of rotatable bonds is 5. The Labute approximate surface area is 121 Å². The summed E-state index contributed by atoms with van der Waals surface area (Å²) in [4.78, 5) is 22.4. The molecule has 2 rings (SSSR count). The normalized spacial score (nSPS) is 17.8. The highest BCUT2D eigenvalue weighted by Crippen LogP contribution is 2.29. The number of nitrogens with zero attached hydrogens (tertiary/aromatic N) is 1. The van der Waals surface area contributed by atoms with E-state index in [-0.39, 0.29) is 17.6 Å². The number of nitro groups is 1. The lowest BCUT2D eigenvalue weighted by Gasteiger charge is -2.13. The lowest BCUT2D eigenvalue weighted by atomic mass is 10.1. The standard InChI is InChI=1S/C13H17N3O3S/c1-2-14-13(17)9-3-4-11(12(7-9)16(18)19)15-10-5-6-20-8-10/h3-4,7,10,15H,2,5-6,8H2,1H3,(H,14,17). The lowest BCUT2D eigenvalue weighted by molar-refractivity contribution is -0.384. The first-order valence-electron chi connectivity index (χ1n) is 6.52. The van der Waals surface area contributed by atoms with Gasteiger partial charge in [0.25, 0.3) is 11.6 Å². The van der Waals surface area contributed by atoms with Crippen molar-refractivity contribution in [2.45, 2.75) is 19.4 Å². The molecule has 1 heterocycles. The van der Waals surface area contributed by atoms with Crippen LogP contribution in [0.25, 0.3) is 0 Å². The van der Waals surface area contributed by atoms with Gasteiger partial charge < -0.3 is 10.6 Å². The van der Waals surface area contributed by atoms with Crippen molar-refractivity contribution in [2.75, 3.05) is 23.4 Å². The minimum absolute atomic E-state index is 0.0503. The zero-order chi connectivity index (χ0) is 14.5. The second-order valence-corrected chi connectivity index (χ2v) is 5.70. The van der Waals surface area contributed by atoms with Crippen LogP contribution in [-0.2, 0) is 0 Å². The molecule has 1 fully saturated rings. The summed E-state index contributed by atoms with van der Waals surface area (Å²) in [6.45, 7) is 2.30. The summed E-state index contributed by atoms with van der Waals surface area (Å²) < 4.78 is 0. The second kappa shape index (κ2) is 6.60. The van der Waals surface area contributed by atoms with E-state index in [0.29, 0.717) is 17.8 Å². The van der Waals surface area contributed by atoms with Gasteiger partial charge in [-0.05, 0) is 31.2 Å². The first-order chi connectivity index (χ1) is 9.61. The number of amides is 1. The van der Waals surface area contributed by atoms with Crippen molar-refractivity contribution in [3.8, 4) is 0 Å². The number of carbonyl (C=O) groups is 1. The zero-order valence-electron chi connectivity index (χ0n) is 11.2. The zero-order valence-corrected chi connectivity index (χ0v) is 12.0. The van der Waals surface area contributed by atoms with Crippen LogP contribution in [0.1, 0.15) is 23.7 Å². The molecule has 0 saturated carbocycles. The average molecular weight is 295 g/mol. The molecule has 0 bridgehead atoms. The number of nitrogens with one attached hydrogen (secondary N) is 2. The highest BCUT2D eigenvalue weighted by Gasteiger charge is 2.21. The van der Waals surface area contributed by atoms with Gasteiger partial charge in [0.15, 0.2) is 0 Å². The van der Waals surface area contributed by atoms with Crippen molar-refractivity contribution in [2.24, 2.45) is 0 Å². The Kier molecular flexibility index (Phi) is 4.84. The Hall–Kier alpha value is -1.76. The minimum Gasteiger partial charge on any atom is -0.376 e. The molecule has 1 unspecified atom stereocenters. The van der Waals surface area contributed by atoms with E-state index >= 15 is 0 Å². The van der Waals surface area contributed by atoms with Gasteiger partial charge in [-0.1, -0.05) is 0 Å². The third kappa shape index (κ3) is 3.41. The molecule has 1 aliphatic heterocycles. The van der Waals surface area contributed by atoms with E-state index < -0.39 is 4.92 Å². The molecule has 0 aromatic heterocycles. The third-order valence-electron chi connectivity index (χ3n) is 3.08. The Bertz CT molecular complexity index is 516. The monoisotopic (exact) mass is 295 g/mol. The predicted molar refractivity (Wildman–Crippen MR) is 80.5 cm³/mol. The SMILES string of the molecule is CCNC(=O)c1ccc(NC2CCSC2)c([N+](=O)[O-])c1. The molecule has 1 amide bonds. The summed E-state index contributed by atoms with van der Waals surface area (Å²) in [6, 6.07) is 4.82. The van der Waals surface area contributed by atoms with Gasteiger partial charge in [-0.3, -0.25) is 14.9 Å². The molecular weight excluding hydrogens is 278 g/mol. The molecule has 0 radical (unpaired) electrons. The topological polar surface area (TPSA) is 84.3 Å². The Morgan fingerprint density at radius 1 is 1.55 bits per heavy atom. The van der Waals surface area contributed by atoms with Crippen LogP contribution in [0, 0.1) is 10.1 Å². The maximum absolute atomic E-state index is 11.7. The maximum Gasteiger partial charge on any atom is 0.293 e. The highest BCUT2D eigenvalue weighted by atomic mass is 32.2. The number of anilines is 1. The quantitative estimate of drug-likeness (QED) is 0.643. The molecule has 1 aliphatic rings. The van der Waals surface area contributed by atoms with E-state index in [1.807, 2.05) is 11.8 Å². The summed E-state index contributed by atoms with van der Waals surface area (Å²) in [7, 11) is 0. The summed E-state index contributed by atoms with van der Waals surface area (Å²) in [5.74, 6) is 1.73. The Balaban J connectivity index is 2.23. The van der Waals surface area contributed by atoms with Gasteiger partial charge in [0.05, 0.1) is 4.92 Å². The number of benzene rings is 1.